The number of carbonyl (C=O) groups excluding carboxylic acids is 2. The number of nitrogens with zero attached hydrogens (tertiary/aromatic N) is 1. The van der Waals surface area contributed by atoms with E-state index in [0.717, 1.165) is 36.9 Å². The normalized spacial score (nSPS) is 21.1. The van der Waals surface area contributed by atoms with Crippen molar-refractivity contribution < 1.29 is 23.8 Å². The number of aliphatic imine (C=N–C) groups is 1. The summed E-state index contributed by atoms with van der Waals surface area (Å²) >= 11 is 0. The van der Waals surface area contributed by atoms with E-state index in [4.69, 9.17) is 14.2 Å². The van der Waals surface area contributed by atoms with Crippen LogP contribution in [-0.4, -0.2) is 37.8 Å². The third-order valence-corrected chi connectivity index (χ3v) is 5.68. The third-order valence-electron chi connectivity index (χ3n) is 5.68. The first-order valence-corrected chi connectivity index (χ1v) is 10.8. The van der Waals surface area contributed by atoms with E-state index in [0.29, 0.717) is 42.4 Å². The first-order chi connectivity index (χ1) is 14.5. The Bertz CT molecular complexity index is 870. The van der Waals surface area contributed by atoms with Gasteiger partial charge in [-0.15, -0.1) is 0 Å². The van der Waals surface area contributed by atoms with E-state index in [1.807, 2.05) is 39.0 Å². The Morgan fingerprint density at radius 2 is 2.00 bits per heavy atom. The fraction of sp³-hybridized carbons (Fsp3) is 0.542. The zero-order valence-electron chi connectivity index (χ0n) is 18.3. The van der Waals surface area contributed by atoms with Gasteiger partial charge >= 0.3 is 5.97 Å². The van der Waals surface area contributed by atoms with Crippen LogP contribution in [0.3, 0.4) is 0 Å². The van der Waals surface area contributed by atoms with Gasteiger partial charge in [0.2, 0.25) is 0 Å². The summed E-state index contributed by atoms with van der Waals surface area (Å²) in [6.07, 6.45) is 3.77. The van der Waals surface area contributed by atoms with Crippen LogP contribution in [0.2, 0.25) is 0 Å². The lowest BCUT2D eigenvalue weighted by atomic mass is 9.71. The Morgan fingerprint density at radius 1 is 1.20 bits per heavy atom. The topological polar surface area (TPSA) is 74.2 Å². The summed E-state index contributed by atoms with van der Waals surface area (Å²) in [5.74, 6) is -0.0901. The maximum atomic E-state index is 13.1. The first-order valence-electron chi connectivity index (χ1n) is 10.8. The van der Waals surface area contributed by atoms with Crippen LogP contribution in [0.1, 0.15) is 64.4 Å². The molecular weight excluding hydrogens is 382 g/mol. The highest BCUT2D eigenvalue weighted by Gasteiger charge is 2.43. The van der Waals surface area contributed by atoms with Crippen LogP contribution in [0.25, 0.3) is 0 Å². The molecule has 30 heavy (non-hydrogen) atoms. The lowest BCUT2D eigenvalue weighted by Gasteiger charge is -2.34. The first kappa shape index (κ1) is 22.1. The van der Waals surface area contributed by atoms with Crippen LogP contribution in [0, 0.1) is 5.92 Å². The van der Waals surface area contributed by atoms with E-state index >= 15 is 0 Å². The number of benzene rings is 1. The van der Waals surface area contributed by atoms with Crippen LogP contribution in [-0.2, 0) is 14.3 Å². The Morgan fingerprint density at radius 3 is 2.70 bits per heavy atom. The van der Waals surface area contributed by atoms with Gasteiger partial charge in [-0.3, -0.25) is 14.6 Å². The monoisotopic (exact) mass is 413 g/mol. The molecule has 0 radical (unpaired) electrons. The van der Waals surface area contributed by atoms with E-state index in [2.05, 4.69) is 4.99 Å². The van der Waals surface area contributed by atoms with Crippen molar-refractivity contribution >= 4 is 17.5 Å². The zero-order chi connectivity index (χ0) is 21.7. The van der Waals surface area contributed by atoms with Crippen molar-refractivity contribution in [2.75, 3.05) is 20.3 Å². The van der Waals surface area contributed by atoms with Crippen molar-refractivity contribution in [2.24, 2.45) is 10.9 Å². The lowest BCUT2D eigenvalue weighted by Crippen LogP contribution is -2.37. The molecule has 0 fully saturated rings. The summed E-state index contributed by atoms with van der Waals surface area (Å²) in [6.45, 7) is 6.71. The smallest absolute Gasteiger partial charge is 0.315 e. The van der Waals surface area contributed by atoms with Crippen molar-refractivity contribution in [3.8, 4) is 11.5 Å². The predicted octanol–water partition coefficient (Wildman–Crippen LogP) is 4.62. The van der Waals surface area contributed by atoms with Crippen LogP contribution < -0.4 is 9.47 Å². The summed E-state index contributed by atoms with van der Waals surface area (Å²) in [4.78, 5) is 30.7. The Kier molecular flexibility index (Phi) is 7.29. The van der Waals surface area contributed by atoms with E-state index < -0.39 is 11.8 Å². The molecule has 0 spiro atoms. The fourth-order valence-electron chi connectivity index (χ4n) is 4.23. The minimum atomic E-state index is -0.620. The van der Waals surface area contributed by atoms with Crippen molar-refractivity contribution in [3.05, 3.63) is 35.0 Å². The molecule has 162 valence electrons. The molecule has 6 heteroatoms. The molecule has 3 rings (SSSR count). The SMILES string of the molecule is CCCCOC(=O)C1C(C)=NC2=C(C(=O)CCC2)[C@@H]1c1ccc(OCC)c(OC)c1. The average molecular weight is 414 g/mol. The van der Waals surface area contributed by atoms with Crippen molar-refractivity contribution in [2.45, 2.75) is 58.8 Å². The van der Waals surface area contributed by atoms with E-state index in [1.165, 1.54) is 0 Å². The highest BCUT2D eigenvalue weighted by molar-refractivity contribution is 6.08. The number of esters is 1. The molecule has 1 heterocycles. The van der Waals surface area contributed by atoms with Gasteiger partial charge in [0.15, 0.2) is 17.3 Å². The number of Topliss-reactive ketones (excluding diaryl/α,β-unsaturated/α-hetero) is 1. The Labute approximate surface area is 178 Å². The van der Waals surface area contributed by atoms with Gasteiger partial charge in [0, 0.05) is 29.3 Å². The van der Waals surface area contributed by atoms with Crippen molar-refractivity contribution in [3.63, 3.8) is 0 Å². The molecule has 1 aliphatic carbocycles. The number of ketones is 1. The molecule has 1 aromatic rings. The van der Waals surface area contributed by atoms with Gasteiger partial charge in [-0.2, -0.15) is 0 Å². The third kappa shape index (κ3) is 4.42. The molecule has 0 aromatic heterocycles. The number of allylic oxidation sites excluding steroid dienone is 2. The van der Waals surface area contributed by atoms with Gasteiger partial charge in [0.05, 0.1) is 20.3 Å². The van der Waals surface area contributed by atoms with E-state index in [-0.39, 0.29) is 11.8 Å². The number of hydrogen-bond acceptors (Lipinski definition) is 6. The molecule has 0 saturated carbocycles. The highest BCUT2D eigenvalue weighted by atomic mass is 16.5. The number of carbonyl (C=O) groups is 2. The Balaban J connectivity index is 2.07. The fourth-order valence-corrected chi connectivity index (χ4v) is 4.23. The maximum absolute atomic E-state index is 13.1. The van der Waals surface area contributed by atoms with Gasteiger partial charge in [-0.25, -0.2) is 0 Å². The molecule has 1 aliphatic heterocycles. The number of hydrogen-bond donors (Lipinski definition) is 0. The molecular formula is C24H31NO5. The van der Waals surface area contributed by atoms with Gasteiger partial charge in [-0.1, -0.05) is 19.4 Å². The van der Waals surface area contributed by atoms with Gasteiger partial charge in [0.1, 0.15) is 5.92 Å². The predicted molar refractivity (Wildman–Crippen MR) is 115 cm³/mol. The molecule has 0 amide bonds. The van der Waals surface area contributed by atoms with Crippen LogP contribution in [0.4, 0.5) is 0 Å². The largest absolute Gasteiger partial charge is 0.493 e. The molecule has 2 atom stereocenters. The van der Waals surface area contributed by atoms with Gasteiger partial charge < -0.3 is 14.2 Å². The molecule has 0 N–H and O–H groups in total. The second kappa shape index (κ2) is 9.92. The molecule has 0 bridgehead atoms. The summed E-state index contributed by atoms with van der Waals surface area (Å²) in [5.41, 5.74) is 2.99. The van der Waals surface area contributed by atoms with Crippen LogP contribution in [0.15, 0.2) is 34.5 Å². The van der Waals surface area contributed by atoms with Gasteiger partial charge in [-0.05, 0) is 50.8 Å². The molecule has 1 unspecified atom stereocenters. The van der Waals surface area contributed by atoms with E-state index in [9.17, 15) is 9.59 Å². The number of rotatable bonds is 8. The maximum Gasteiger partial charge on any atom is 0.315 e. The standard InChI is InChI=1S/C24H31NO5/c1-5-7-13-30-24(27)21-15(3)25-17-9-8-10-18(26)23(17)22(21)16-11-12-19(29-6-2)20(14-16)28-4/h11-12,14,21-22H,5-10,13H2,1-4H3/t21?,22-/m1/s1. The number of methoxy groups -OCH3 is 1. The molecule has 1 aromatic carbocycles. The minimum absolute atomic E-state index is 0.0664. The number of unbranched alkanes of at least 4 members (excludes halogenated alkanes) is 1. The second-order valence-electron chi connectivity index (χ2n) is 7.71. The average Bonchev–Trinajstić information content (AvgIpc) is 2.73. The van der Waals surface area contributed by atoms with Gasteiger partial charge in [0.25, 0.3) is 0 Å². The molecule has 2 aliphatic rings. The minimum Gasteiger partial charge on any atom is -0.493 e. The highest BCUT2D eigenvalue weighted by Crippen LogP contribution is 2.45. The summed E-state index contributed by atoms with van der Waals surface area (Å²) in [5, 5.41) is 0. The summed E-state index contributed by atoms with van der Waals surface area (Å²) < 4.78 is 16.7. The zero-order valence-corrected chi connectivity index (χ0v) is 18.3. The molecule has 6 nitrogen and oxygen atoms in total. The quantitative estimate of drug-likeness (QED) is 0.459. The van der Waals surface area contributed by atoms with Crippen LogP contribution in [0.5, 0.6) is 11.5 Å². The van der Waals surface area contributed by atoms with Crippen molar-refractivity contribution in [1.29, 1.82) is 0 Å². The second-order valence-corrected chi connectivity index (χ2v) is 7.71. The summed E-state index contributed by atoms with van der Waals surface area (Å²) in [7, 11) is 1.59. The molecule has 0 saturated heterocycles. The van der Waals surface area contributed by atoms with E-state index in [1.54, 1.807) is 7.11 Å². The number of ether oxygens (including phenoxy) is 3. The van der Waals surface area contributed by atoms with Crippen molar-refractivity contribution in [1.82, 2.24) is 0 Å². The summed E-state index contributed by atoms with van der Waals surface area (Å²) in [6, 6.07) is 5.62. The van der Waals surface area contributed by atoms with Crippen LogP contribution >= 0.6 is 0 Å². The lowest BCUT2D eigenvalue weighted by molar-refractivity contribution is -0.146. The Hall–Kier alpha value is -2.63.